The largest absolute Gasteiger partial charge is 0.394 e. The van der Waals surface area contributed by atoms with E-state index in [0.29, 0.717) is 0 Å². The molecule has 1 rings (SSSR count). The number of nitrogens with zero attached hydrogens (tertiary/aromatic N) is 1. The normalized spacial score (nSPS) is 21.1. The lowest BCUT2D eigenvalue weighted by atomic mass is 9.77. The average molecular weight is 200 g/mol. The molecule has 2 N–H and O–H groups in total. The third-order valence-electron chi connectivity index (χ3n) is 2.95. The van der Waals surface area contributed by atoms with Crippen molar-refractivity contribution in [1.29, 1.82) is 0 Å². The molecule has 1 fully saturated rings. The number of amides is 1. The van der Waals surface area contributed by atoms with Crippen LogP contribution in [0.1, 0.15) is 26.2 Å². The van der Waals surface area contributed by atoms with E-state index in [4.69, 9.17) is 0 Å². The Morgan fingerprint density at radius 1 is 1.57 bits per heavy atom. The highest BCUT2D eigenvalue weighted by Gasteiger charge is 2.38. The van der Waals surface area contributed by atoms with Gasteiger partial charge in [-0.05, 0) is 26.2 Å². The van der Waals surface area contributed by atoms with Crippen molar-refractivity contribution in [3.63, 3.8) is 0 Å². The van der Waals surface area contributed by atoms with Crippen molar-refractivity contribution in [2.75, 3.05) is 20.7 Å². The lowest BCUT2D eigenvalue weighted by Crippen LogP contribution is -2.59. The number of carbonyl (C=O) groups excluding carboxylic acids is 1. The van der Waals surface area contributed by atoms with Gasteiger partial charge in [0.2, 0.25) is 5.91 Å². The van der Waals surface area contributed by atoms with Crippen LogP contribution in [0.25, 0.3) is 0 Å². The van der Waals surface area contributed by atoms with Gasteiger partial charge in [0.05, 0.1) is 12.6 Å². The second-order valence-electron chi connectivity index (χ2n) is 4.39. The summed E-state index contributed by atoms with van der Waals surface area (Å²) in [6.07, 6.45) is 3.07. The lowest BCUT2D eigenvalue weighted by Gasteiger charge is -2.43. The maximum Gasteiger partial charge on any atom is 0.238 e. The molecule has 0 saturated heterocycles. The first-order valence-electron chi connectivity index (χ1n) is 5.10. The summed E-state index contributed by atoms with van der Waals surface area (Å²) in [4.78, 5) is 13.1. The number of likely N-dealkylation sites (N-methyl/N-ethyl adjacent to an activating group) is 1. The predicted octanol–water partition coefficient (Wildman–Crippen LogP) is -0.0323. The third kappa shape index (κ3) is 2.25. The Balaban J connectivity index is 2.46. The standard InChI is InChI=1S/C10H20N2O2/c1-8(9(14)12(2)3)11-10(7-13)5-4-6-10/h8,11,13H,4-7H2,1-3H3. The highest BCUT2D eigenvalue weighted by molar-refractivity contribution is 5.81. The van der Waals surface area contributed by atoms with E-state index < -0.39 is 0 Å². The van der Waals surface area contributed by atoms with Gasteiger partial charge in [-0.3, -0.25) is 10.1 Å². The fourth-order valence-electron chi connectivity index (χ4n) is 1.86. The number of hydrogen-bond acceptors (Lipinski definition) is 3. The van der Waals surface area contributed by atoms with E-state index in [9.17, 15) is 9.90 Å². The summed E-state index contributed by atoms with van der Waals surface area (Å²) < 4.78 is 0. The summed E-state index contributed by atoms with van der Waals surface area (Å²) >= 11 is 0. The zero-order valence-electron chi connectivity index (χ0n) is 9.21. The minimum Gasteiger partial charge on any atom is -0.394 e. The Bertz CT molecular complexity index is 207. The fraction of sp³-hybridized carbons (Fsp3) is 0.900. The van der Waals surface area contributed by atoms with E-state index in [1.165, 1.54) is 0 Å². The zero-order valence-corrected chi connectivity index (χ0v) is 9.21. The molecule has 1 amide bonds. The quantitative estimate of drug-likeness (QED) is 0.670. The molecule has 0 bridgehead atoms. The van der Waals surface area contributed by atoms with Crippen molar-refractivity contribution in [3.05, 3.63) is 0 Å². The van der Waals surface area contributed by atoms with Crippen LogP contribution in [0.5, 0.6) is 0 Å². The first-order chi connectivity index (χ1) is 6.51. The highest BCUT2D eigenvalue weighted by Crippen LogP contribution is 2.31. The summed E-state index contributed by atoms with van der Waals surface area (Å²) in [5.74, 6) is 0.0599. The minimum atomic E-state index is -0.211. The Morgan fingerprint density at radius 3 is 2.43 bits per heavy atom. The molecule has 4 nitrogen and oxygen atoms in total. The second-order valence-corrected chi connectivity index (χ2v) is 4.39. The van der Waals surface area contributed by atoms with Gasteiger partial charge in [-0.15, -0.1) is 0 Å². The molecule has 0 aliphatic heterocycles. The van der Waals surface area contributed by atoms with Gasteiger partial charge < -0.3 is 10.0 Å². The van der Waals surface area contributed by atoms with E-state index in [2.05, 4.69) is 5.32 Å². The van der Waals surface area contributed by atoms with Crippen molar-refractivity contribution < 1.29 is 9.90 Å². The van der Waals surface area contributed by atoms with Crippen molar-refractivity contribution in [3.8, 4) is 0 Å². The van der Waals surface area contributed by atoms with Crippen molar-refractivity contribution in [2.45, 2.75) is 37.8 Å². The van der Waals surface area contributed by atoms with Crippen molar-refractivity contribution >= 4 is 5.91 Å². The first kappa shape index (κ1) is 11.5. The average Bonchev–Trinajstić information content (AvgIpc) is 2.09. The Kier molecular flexibility index (Phi) is 3.50. The van der Waals surface area contributed by atoms with Crippen LogP contribution in [-0.4, -0.2) is 48.2 Å². The molecule has 1 saturated carbocycles. The van der Waals surface area contributed by atoms with E-state index >= 15 is 0 Å². The van der Waals surface area contributed by atoms with Crippen LogP contribution >= 0.6 is 0 Å². The van der Waals surface area contributed by atoms with Gasteiger partial charge in [0.15, 0.2) is 0 Å². The molecule has 14 heavy (non-hydrogen) atoms. The van der Waals surface area contributed by atoms with E-state index in [-0.39, 0.29) is 24.1 Å². The van der Waals surface area contributed by atoms with Crippen LogP contribution in [0.2, 0.25) is 0 Å². The molecule has 1 unspecified atom stereocenters. The summed E-state index contributed by atoms with van der Waals surface area (Å²) in [5.41, 5.74) is -0.189. The molecule has 0 spiro atoms. The second kappa shape index (κ2) is 4.28. The van der Waals surface area contributed by atoms with Crippen LogP contribution in [0, 0.1) is 0 Å². The summed E-state index contributed by atoms with van der Waals surface area (Å²) in [6.45, 7) is 1.97. The number of hydrogen-bond donors (Lipinski definition) is 2. The Labute approximate surface area is 85.3 Å². The molecule has 0 heterocycles. The number of aliphatic hydroxyl groups is 1. The lowest BCUT2D eigenvalue weighted by molar-refractivity contribution is -0.131. The monoisotopic (exact) mass is 200 g/mol. The molecule has 1 aliphatic rings. The third-order valence-corrected chi connectivity index (χ3v) is 2.95. The number of nitrogens with one attached hydrogen (secondary N) is 1. The maximum atomic E-state index is 11.6. The molecule has 4 heteroatoms. The molecule has 1 atom stereocenters. The molecule has 0 aromatic rings. The summed E-state index contributed by atoms with van der Waals surface area (Å²) in [7, 11) is 3.49. The fourth-order valence-corrected chi connectivity index (χ4v) is 1.86. The molecule has 0 aromatic heterocycles. The number of carbonyl (C=O) groups is 1. The van der Waals surface area contributed by atoms with Crippen LogP contribution in [0.4, 0.5) is 0 Å². The maximum absolute atomic E-state index is 11.6. The van der Waals surface area contributed by atoms with Crippen molar-refractivity contribution in [2.24, 2.45) is 0 Å². The molecule has 1 aliphatic carbocycles. The minimum absolute atomic E-state index is 0.0599. The molecule has 82 valence electrons. The van der Waals surface area contributed by atoms with E-state index in [1.807, 2.05) is 6.92 Å². The zero-order chi connectivity index (χ0) is 10.8. The van der Waals surface area contributed by atoms with Gasteiger partial charge in [0.1, 0.15) is 0 Å². The summed E-state index contributed by atoms with van der Waals surface area (Å²) in [5, 5.41) is 12.4. The summed E-state index contributed by atoms with van der Waals surface area (Å²) in [6, 6.07) is -0.211. The van der Waals surface area contributed by atoms with Crippen molar-refractivity contribution in [1.82, 2.24) is 10.2 Å². The van der Waals surface area contributed by atoms with E-state index in [1.54, 1.807) is 19.0 Å². The molecular formula is C10H20N2O2. The van der Waals surface area contributed by atoms with Crippen LogP contribution < -0.4 is 5.32 Å². The van der Waals surface area contributed by atoms with Gasteiger partial charge in [0.25, 0.3) is 0 Å². The topological polar surface area (TPSA) is 52.6 Å². The van der Waals surface area contributed by atoms with Crippen LogP contribution in [0.3, 0.4) is 0 Å². The van der Waals surface area contributed by atoms with Gasteiger partial charge in [-0.25, -0.2) is 0 Å². The van der Waals surface area contributed by atoms with Crippen LogP contribution in [0.15, 0.2) is 0 Å². The molecular weight excluding hydrogens is 180 g/mol. The Morgan fingerprint density at radius 2 is 2.14 bits per heavy atom. The van der Waals surface area contributed by atoms with Gasteiger partial charge in [-0.2, -0.15) is 0 Å². The first-order valence-corrected chi connectivity index (χ1v) is 5.10. The highest BCUT2D eigenvalue weighted by atomic mass is 16.3. The van der Waals surface area contributed by atoms with Gasteiger partial charge >= 0.3 is 0 Å². The Hall–Kier alpha value is -0.610. The predicted molar refractivity (Wildman–Crippen MR) is 55.0 cm³/mol. The SMILES string of the molecule is CC(NC1(CO)CCC1)C(=O)N(C)C. The molecule has 0 radical (unpaired) electrons. The molecule has 0 aromatic carbocycles. The van der Waals surface area contributed by atoms with Gasteiger partial charge in [-0.1, -0.05) is 0 Å². The number of aliphatic hydroxyl groups excluding tert-OH is 1. The van der Waals surface area contributed by atoms with Gasteiger partial charge in [0, 0.05) is 19.6 Å². The van der Waals surface area contributed by atoms with Crippen LogP contribution in [-0.2, 0) is 4.79 Å². The number of rotatable bonds is 4. The van der Waals surface area contributed by atoms with E-state index in [0.717, 1.165) is 19.3 Å². The smallest absolute Gasteiger partial charge is 0.238 e.